The van der Waals surface area contributed by atoms with Crippen molar-refractivity contribution in [2.45, 2.75) is 19.9 Å². The lowest BCUT2D eigenvalue weighted by Crippen LogP contribution is -2.26. The molecule has 5 nitrogen and oxygen atoms in total. The quantitative estimate of drug-likeness (QED) is 0.767. The van der Waals surface area contributed by atoms with Gasteiger partial charge in [0.2, 0.25) is 5.91 Å². The lowest BCUT2D eigenvalue weighted by molar-refractivity contribution is -0.145. The number of esters is 1. The Hall–Kier alpha value is -2.04. The second kappa shape index (κ2) is 6.41. The number of benzene rings is 1. The van der Waals surface area contributed by atoms with Crippen LogP contribution in [-0.2, 0) is 20.9 Å². The Morgan fingerprint density at radius 2 is 2.25 bits per heavy atom. The molecule has 1 atom stereocenters. The topological polar surface area (TPSA) is 55.8 Å². The van der Waals surface area contributed by atoms with Crippen molar-refractivity contribution in [3.8, 4) is 5.75 Å². The van der Waals surface area contributed by atoms with E-state index in [2.05, 4.69) is 0 Å². The van der Waals surface area contributed by atoms with Crippen molar-refractivity contribution in [1.29, 1.82) is 0 Å². The number of nitrogens with zero attached hydrogens (tertiary/aromatic N) is 1. The molecule has 5 heteroatoms. The molecular weight excluding hydrogens is 258 g/mol. The Morgan fingerprint density at radius 3 is 2.95 bits per heavy atom. The second-order valence-electron chi connectivity index (χ2n) is 4.78. The zero-order chi connectivity index (χ0) is 14.5. The van der Waals surface area contributed by atoms with Crippen LogP contribution in [0.3, 0.4) is 0 Å². The lowest BCUT2D eigenvalue weighted by Gasteiger charge is -2.16. The highest BCUT2D eigenvalue weighted by molar-refractivity contribution is 5.86. The molecule has 2 rings (SSSR count). The standard InChI is InChI=1S/C15H19NO4/c1-3-20-13-6-4-5-11(7-13)9-16-10-12(8-14(16)17)15(18)19-2/h4-7,12H,3,8-10H2,1-2H3. The van der Waals surface area contributed by atoms with Gasteiger partial charge in [0.05, 0.1) is 19.6 Å². The molecule has 1 fully saturated rings. The van der Waals surface area contributed by atoms with Crippen LogP contribution < -0.4 is 4.74 Å². The largest absolute Gasteiger partial charge is 0.494 e. The predicted molar refractivity (Wildman–Crippen MR) is 73.2 cm³/mol. The molecule has 0 aliphatic carbocycles. The van der Waals surface area contributed by atoms with Gasteiger partial charge in [-0.3, -0.25) is 9.59 Å². The summed E-state index contributed by atoms with van der Waals surface area (Å²) in [4.78, 5) is 25.1. The first-order valence-electron chi connectivity index (χ1n) is 6.71. The highest BCUT2D eigenvalue weighted by Gasteiger charge is 2.34. The monoisotopic (exact) mass is 277 g/mol. The molecule has 1 aromatic carbocycles. The van der Waals surface area contributed by atoms with Crippen LogP contribution in [-0.4, -0.2) is 37.0 Å². The van der Waals surface area contributed by atoms with Crippen LogP contribution >= 0.6 is 0 Å². The molecule has 1 saturated heterocycles. The fourth-order valence-electron chi connectivity index (χ4n) is 2.37. The van der Waals surface area contributed by atoms with Gasteiger partial charge in [-0.1, -0.05) is 12.1 Å². The van der Waals surface area contributed by atoms with Crippen LogP contribution in [0.2, 0.25) is 0 Å². The summed E-state index contributed by atoms with van der Waals surface area (Å²) >= 11 is 0. The molecular formula is C15H19NO4. The number of amides is 1. The fraction of sp³-hybridized carbons (Fsp3) is 0.467. The molecule has 1 amide bonds. The Kier molecular flexibility index (Phi) is 4.61. The first-order chi connectivity index (χ1) is 9.63. The third-order valence-corrected chi connectivity index (χ3v) is 3.33. The van der Waals surface area contributed by atoms with Crippen molar-refractivity contribution in [3.63, 3.8) is 0 Å². The van der Waals surface area contributed by atoms with Crippen LogP contribution in [0.25, 0.3) is 0 Å². The second-order valence-corrected chi connectivity index (χ2v) is 4.78. The van der Waals surface area contributed by atoms with Crippen molar-refractivity contribution in [3.05, 3.63) is 29.8 Å². The van der Waals surface area contributed by atoms with Crippen LogP contribution in [0.4, 0.5) is 0 Å². The number of likely N-dealkylation sites (tertiary alicyclic amines) is 1. The van der Waals surface area contributed by atoms with E-state index in [9.17, 15) is 9.59 Å². The summed E-state index contributed by atoms with van der Waals surface area (Å²) in [6, 6.07) is 7.65. The van der Waals surface area contributed by atoms with Gasteiger partial charge < -0.3 is 14.4 Å². The SMILES string of the molecule is CCOc1cccc(CN2CC(C(=O)OC)CC2=O)c1. The van der Waals surface area contributed by atoms with Crippen LogP contribution in [0.15, 0.2) is 24.3 Å². The minimum absolute atomic E-state index is 0.0118. The third kappa shape index (κ3) is 3.29. The first kappa shape index (κ1) is 14.4. The van der Waals surface area contributed by atoms with Gasteiger partial charge in [0.15, 0.2) is 0 Å². The van der Waals surface area contributed by atoms with Crippen molar-refractivity contribution in [2.75, 3.05) is 20.3 Å². The van der Waals surface area contributed by atoms with Crippen molar-refractivity contribution in [2.24, 2.45) is 5.92 Å². The molecule has 0 saturated carbocycles. The fourth-order valence-corrected chi connectivity index (χ4v) is 2.37. The molecule has 0 aromatic heterocycles. The minimum Gasteiger partial charge on any atom is -0.494 e. The van der Waals surface area contributed by atoms with Crippen LogP contribution in [0.5, 0.6) is 5.75 Å². The Morgan fingerprint density at radius 1 is 1.45 bits per heavy atom. The molecule has 1 heterocycles. The van der Waals surface area contributed by atoms with Crippen molar-refractivity contribution in [1.82, 2.24) is 4.90 Å². The smallest absolute Gasteiger partial charge is 0.310 e. The summed E-state index contributed by atoms with van der Waals surface area (Å²) < 4.78 is 10.1. The number of ether oxygens (including phenoxy) is 2. The van der Waals surface area contributed by atoms with Gasteiger partial charge in [-0.2, -0.15) is 0 Å². The van der Waals surface area contributed by atoms with Crippen LogP contribution in [0.1, 0.15) is 18.9 Å². The third-order valence-electron chi connectivity index (χ3n) is 3.33. The van der Waals surface area contributed by atoms with E-state index in [1.54, 1.807) is 4.90 Å². The molecule has 0 N–H and O–H groups in total. The molecule has 0 spiro atoms. The summed E-state index contributed by atoms with van der Waals surface area (Å²) in [5.74, 6) is 0.120. The van der Waals surface area contributed by atoms with E-state index >= 15 is 0 Å². The Balaban J connectivity index is 2.01. The Labute approximate surface area is 118 Å². The van der Waals surface area contributed by atoms with Crippen molar-refractivity contribution < 1.29 is 19.1 Å². The van der Waals surface area contributed by atoms with E-state index in [1.165, 1.54) is 7.11 Å². The molecule has 1 aromatic rings. The summed E-state index contributed by atoms with van der Waals surface area (Å²) in [5.41, 5.74) is 0.995. The predicted octanol–water partition coefficient (Wildman–Crippen LogP) is 1.61. The zero-order valence-electron chi connectivity index (χ0n) is 11.8. The van der Waals surface area contributed by atoms with E-state index < -0.39 is 0 Å². The number of hydrogen-bond acceptors (Lipinski definition) is 4. The molecule has 0 bridgehead atoms. The normalized spacial score (nSPS) is 18.2. The molecule has 1 unspecified atom stereocenters. The van der Waals surface area contributed by atoms with Crippen LogP contribution in [0, 0.1) is 5.92 Å². The maximum absolute atomic E-state index is 11.9. The number of methoxy groups -OCH3 is 1. The maximum atomic E-state index is 11.9. The van der Waals surface area contributed by atoms with Gasteiger partial charge in [-0.05, 0) is 24.6 Å². The number of carbonyl (C=O) groups is 2. The van der Waals surface area contributed by atoms with Gasteiger partial charge >= 0.3 is 5.97 Å². The van der Waals surface area contributed by atoms with Gasteiger partial charge in [0.1, 0.15) is 5.75 Å². The minimum atomic E-state index is -0.345. The van der Waals surface area contributed by atoms with E-state index in [0.717, 1.165) is 11.3 Å². The average Bonchev–Trinajstić information content (AvgIpc) is 2.80. The van der Waals surface area contributed by atoms with E-state index in [0.29, 0.717) is 19.7 Å². The number of rotatable bonds is 5. The summed E-state index contributed by atoms with van der Waals surface area (Å²) in [6.07, 6.45) is 0.234. The lowest BCUT2D eigenvalue weighted by atomic mass is 10.1. The molecule has 0 radical (unpaired) electrons. The Bertz CT molecular complexity index is 500. The zero-order valence-corrected chi connectivity index (χ0v) is 11.8. The number of hydrogen-bond donors (Lipinski definition) is 0. The number of carbonyl (C=O) groups excluding carboxylic acids is 2. The van der Waals surface area contributed by atoms with Gasteiger partial charge in [0, 0.05) is 19.5 Å². The van der Waals surface area contributed by atoms with Gasteiger partial charge in [-0.25, -0.2) is 0 Å². The molecule has 1 aliphatic heterocycles. The van der Waals surface area contributed by atoms with Gasteiger partial charge in [-0.15, -0.1) is 0 Å². The van der Waals surface area contributed by atoms with Gasteiger partial charge in [0.25, 0.3) is 0 Å². The molecule has 20 heavy (non-hydrogen) atoms. The van der Waals surface area contributed by atoms with E-state index in [-0.39, 0.29) is 24.2 Å². The van der Waals surface area contributed by atoms with E-state index in [1.807, 2.05) is 31.2 Å². The molecule has 108 valence electrons. The van der Waals surface area contributed by atoms with E-state index in [4.69, 9.17) is 9.47 Å². The summed E-state index contributed by atoms with van der Waals surface area (Å²) in [7, 11) is 1.35. The average molecular weight is 277 g/mol. The van der Waals surface area contributed by atoms with Crippen molar-refractivity contribution >= 4 is 11.9 Å². The molecule has 1 aliphatic rings. The summed E-state index contributed by atoms with van der Waals surface area (Å²) in [6.45, 7) is 3.45. The summed E-state index contributed by atoms with van der Waals surface area (Å²) in [5, 5.41) is 0. The highest BCUT2D eigenvalue weighted by Crippen LogP contribution is 2.22. The highest BCUT2D eigenvalue weighted by atomic mass is 16.5. The maximum Gasteiger partial charge on any atom is 0.310 e. The first-order valence-corrected chi connectivity index (χ1v) is 6.71.